The topological polar surface area (TPSA) is 76.0 Å². The number of benzene rings is 1. The van der Waals surface area contributed by atoms with Gasteiger partial charge in [-0.05, 0) is 24.3 Å². The standard InChI is InChI=1S/C18H18N4O2/c1-22-15-8-3-2-6-13(15)10-16(22)18(24)21-12-17(23)20-11-14-7-4-5-9-19-14/h2-10H,11-12H2,1H3,(H,20,23)(H,21,24). The Morgan fingerprint density at radius 1 is 1.08 bits per heavy atom. The molecular formula is C18H18N4O2. The van der Waals surface area contributed by atoms with Gasteiger partial charge in [0.15, 0.2) is 0 Å². The lowest BCUT2D eigenvalue weighted by Crippen LogP contribution is -2.37. The summed E-state index contributed by atoms with van der Waals surface area (Å²) in [6.45, 7) is 0.261. The molecule has 2 aromatic heterocycles. The molecule has 0 spiro atoms. The molecule has 122 valence electrons. The number of aromatic nitrogens is 2. The molecular weight excluding hydrogens is 304 g/mol. The van der Waals surface area contributed by atoms with E-state index >= 15 is 0 Å². The fourth-order valence-corrected chi connectivity index (χ4v) is 2.51. The second kappa shape index (κ2) is 6.95. The van der Waals surface area contributed by atoms with Gasteiger partial charge in [0.05, 0.1) is 18.8 Å². The Hall–Kier alpha value is -3.15. The van der Waals surface area contributed by atoms with Crippen LogP contribution in [0, 0.1) is 0 Å². The fraction of sp³-hybridized carbons (Fsp3) is 0.167. The maximum Gasteiger partial charge on any atom is 0.268 e. The molecule has 6 heteroatoms. The van der Waals surface area contributed by atoms with Gasteiger partial charge in [-0.2, -0.15) is 0 Å². The van der Waals surface area contributed by atoms with Gasteiger partial charge in [0.25, 0.3) is 5.91 Å². The highest BCUT2D eigenvalue weighted by atomic mass is 16.2. The summed E-state index contributed by atoms with van der Waals surface area (Å²) in [6.07, 6.45) is 1.67. The summed E-state index contributed by atoms with van der Waals surface area (Å²) >= 11 is 0. The van der Waals surface area contributed by atoms with Crippen molar-refractivity contribution in [3.05, 3.63) is 66.1 Å². The highest BCUT2D eigenvalue weighted by Gasteiger charge is 2.13. The Morgan fingerprint density at radius 2 is 1.88 bits per heavy atom. The molecule has 6 nitrogen and oxygen atoms in total. The van der Waals surface area contributed by atoms with E-state index in [4.69, 9.17) is 0 Å². The van der Waals surface area contributed by atoms with Crippen molar-refractivity contribution in [1.29, 1.82) is 0 Å². The van der Waals surface area contributed by atoms with Crippen LogP contribution in [-0.4, -0.2) is 27.9 Å². The van der Waals surface area contributed by atoms with Gasteiger partial charge in [0.2, 0.25) is 5.91 Å². The lowest BCUT2D eigenvalue weighted by molar-refractivity contribution is -0.120. The Bertz CT molecular complexity index is 871. The Kier molecular flexibility index (Phi) is 4.56. The third-order valence-electron chi connectivity index (χ3n) is 3.79. The van der Waals surface area contributed by atoms with Crippen LogP contribution < -0.4 is 10.6 Å². The number of fused-ring (bicyclic) bond motifs is 1. The van der Waals surface area contributed by atoms with E-state index in [0.717, 1.165) is 16.6 Å². The van der Waals surface area contributed by atoms with Crippen LogP contribution >= 0.6 is 0 Å². The Balaban J connectivity index is 1.56. The summed E-state index contributed by atoms with van der Waals surface area (Å²) < 4.78 is 1.82. The van der Waals surface area contributed by atoms with Crippen molar-refractivity contribution in [2.75, 3.05) is 6.54 Å². The van der Waals surface area contributed by atoms with Crippen molar-refractivity contribution in [2.24, 2.45) is 7.05 Å². The van der Waals surface area contributed by atoms with E-state index in [1.807, 2.05) is 60.1 Å². The van der Waals surface area contributed by atoms with Crippen molar-refractivity contribution < 1.29 is 9.59 Å². The van der Waals surface area contributed by atoms with Crippen LogP contribution in [0.3, 0.4) is 0 Å². The first-order valence-corrected chi connectivity index (χ1v) is 7.64. The number of para-hydroxylation sites is 1. The number of nitrogens with zero attached hydrogens (tertiary/aromatic N) is 2. The molecule has 2 heterocycles. The second-order valence-corrected chi connectivity index (χ2v) is 5.43. The van der Waals surface area contributed by atoms with Crippen LogP contribution in [0.4, 0.5) is 0 Å². The van der Waals surface area contributed by atoms with Crippen molar-refractivity contribution in [3.63, 3.8) is 0 Å². The Morgan fingerprint density at radius 3 is 2.62 bits per heavy atom. The average molecular weight is 322 g/mol. The summed E-state index contributed by atoms with van der Waals surface area (Å²) in [5, 5.41) is 6.36. The van der Waals surface area contributed by atoms with Gasteiger partial charge in [0, 0.05) is 24.1 Å². The second-order valence-electron chi connectivity index (χ2n) is 5.43. The van der Waals surface area contributed by atoms with Gasteiger partial charge in [-0.25, -0.2) is 0 Å². The first-order chi connectivity index (χ1) is 11.6. The zero-order valence-corrected chi connectivity index (χ0v) is 13.3. The smallest absolute Gasteiger partial charge is 0.268 e. The van der Waals surface area contributed by atoms with Gasteiger partial charge >= 0.3 is 0 Å². The van der Waals surface area contributed by atoms with Crippen LogP contribution in [-0.2, 0) is 18.4 Å². The molecule has 3 aromatic rings. The number of nitrogens with one attached hydrogen (secondary N) is 2. The summed E-state index contributed by atoms with van der Waals surface area (Å²) in [4.78, 5) is 28.3. The van der Waals surface area contributed by atoms with Gasteiger partial charge in [-0.15, -0.1) is 0 Å². The fourth-order valence-electron chi connectivity index (χ4n) is 2.51. The molecule has 0 aliphatic heterocycles. The number of carbonyl (C=O) groups excluding carboxylic acids is 2. The van der Waals surface area contributed by atoms with Crippen LogP contribution in [0.15, 0.2) is 54.7 Å². The molecule has 3 rings (SSSR count). The van der Waals surface area contributed by atoms with Crippen LogP contribution in [0.5, 0.6) is 0 Å². The predicted octanol–water partition coefficient (Wildman–Crippen LogP) is 1.62. The van der Waals surface area contributed by atoms with E-state index in [2.05, 4.69) is 15.6 Å². The summed E-state index contributed by atoms with van der Waals surface area (Å²) in [7, 11) is 1.83. The molecule has 0 aliphatic rings. The molecule has 0 fully saturated rings. The van der Waals surface area contributed by atoms with Crippen molar-refractivity contribution in [2.45, 2.75) is 6.54 Å². The van der Waals surface area contributed by atoms with Gasteiger partial charge in [-0.1, -0.05) is 24.3 Å². The zero-order valence-electron chi connectivity index (χ0n) is 13.3. The largest absolute Gasteiger partial charge is 0.349 e. The quantitative estimate of drug-likeness (QED) is 0.749. The number of carbonyl (C=O) groups is 2. The van der Waals surface area contributed by atoms with E-state index in [9.17, 15) is 9.59 Å². The van der Waals surface area contributed by atoms with Gasteiger partial charge in [-0.3, -0.25) is 14.6 Å². The molecule has 0 aliphatic carbocycles. The van der Waals surface area contributed by atoms with Gasteiger partial charge < -0.3 is 15.2 Å². The molecule has 0 saturated carbocycles. The molecule has 0 radical (unpaired) electrons. The maximum absolute atomic E-state index is 12.3. The minimum atomic E-state index is -0.276. The van der Waals surface area contributed by atoms with Crippen molar-refractivity contribution in [1.82, 2.24) is 20.2 Å². The van der Waals surface area contributed by atoms with E-state index in [-0.39, 0.29) is 18.4 Å². The zero-order chi connectivity index (χ0) is 16.9. The predicted molar refractivity (Wildman–Crippen MR) is 91.3 cm³/mol. The highest BCUT2D eigenvalue weighted by Crippen LogP contribution is 2.17. The minimum Gasteiger partial charge on any atom is -0.349 e. The number of rotatable bonds is 5. The number of pyridine rings is 1. The molecule has 0 bridgehead atoms. The van der Waals surface area contributed by atoms with Crippen molar-refractivity contribution >= 4 is 22.7 Å². The lowest BCUT2D eigenvalue weighted by Gasteiger charge is -2.07. The molecule has 0 unspecified atom stereocenters. The summed E-state index contributed by atoms with van der Waals surface area (Å²) in [5.74, 6) is -0.533. The van der Waals surface area contributed by atoms with E-state index in [1.165, 1.54) is 0 Å². The number of hydrogen-bond acceptors (Lipinski definition) is 3. The molecule has 0 atom stereocenters. The number of amides is 2. The molecule has 0 saturated heterocycles. The first-order valence-electron chi connectivity index (χ1n) is 7.64. The van der Waals surface area contributed by atoms with Crippen LogP contribution in [0.2, 0.25) is 0 Å². The third-order valence-corrected chi connectivity index (χ3v) is 3.79. The lowest BCUT2D eigenvalue weighted by atomic mass is 10.2. The van der Waals surface area contributed by atoms with E-state index in [0.29, 0.717) is 12.2 Å². The third kappa shape index (κ3) is 3.43. The SMILES string of the molecule is Cn1c(C(=O)NCC(=O)NCc2ccccn2)cc2ccccc21. The summed E-state index contributed by atoms with van der Waals surface area (Å²) in [6, 6.07) is 15.1. The molecule has 1 aromatic carbocycles. The molecule has 2 amide bonds. The first kappa shape index (κ1) is 15.7. The van der Waals surface area contributed by atoms with Gasteiger partial charge in [0.1, 0.15) is 5.69 Å². The Labute approximate surface area is 139 Å². The number of aryl methyl sites for hydroxylation is 1. The minimum absolute atomic E-state index is 0.0762. The van der Waals surface area contributed by atoms with E-state index < -0.39 is 0 Å². The molecule has 2 N–H and O–H groups in total. The van der Waals surface area contributed by atoms with Crippen LogP contribution in [0.1, 0.15) is 16.2 Å². The van der Waals surface area contributed by atoms with Crippen LogP contribution in [0.25, 0.3) is 10.9 Å². The summed E-state index contributed by atoms with van der Waals surface area (Å²) in [5.41, 5.74) is 2.27. The number of hydrogen-bond donors (Lipinski definition) is 2. The maximum atomic E-state index is 12.3. The average Bonchev–Trinajstić information content (AvgIpc) is 2.96. The normalized spacial score (nSPS) is 10.5. The van der Waals surface area contributed by atoms with Crippen molar-refractivity contribution in [3.8, 4) is 0 Å². The molecule has 24 heavy (non-hydrogen) atoms. The monoisotopic (exact) mass is 322 g/mol. The van der Waals surface area contributed by atoms with E-state index in [1.54, 1.807) is 6.20 Å². The highest BCUT2D eigenvalue weighted by molar-refractivity contribution is 6.00.